The molecule has 2 saturated carbocycles. The Hall–Kier alpha value is -1.51. The number of hydrogen-bond acceptors (Lipinski definition) is 2. The van der Waals surface area contributed by atoms with Gasteiger partial charge in [-0.15, -0.1) is 0 Å². The first-order valence-corrected chi connectivity index (χ1v) is 8.49. The van der Waals surface area contributed by atoms with Crippen molar-refractivity contribution >= 4 is 5.91 Å². The van der Waals surface area contributed by atoms with Gasteiger partial charge in [-0.1, -0.05) is 20.3 Å². The molecule has 1 aromatic rings. The van der Waals surface area contributed by atoms with E-state index in [1.54, 1.807) is 7.11 Å². The molecule has 120 valence electrons. The number of aryl methyl sites for hydroxylation is 1. The molecule has 22 heavy (non-hydrogen) atoms. The lowest BCUT2D eigenvalue weighted by atomic mass is 9.93. The van der Waals surface area contributed by atoms with Crippen molar-refractivity contribution in [1.82, 2.24) is 5.32 Å². The zero-order valence-electron chi connectivity index (χ0n) is 14.1. The summed E-state index contributed by atoms with van der Waals surface area (Å²) in [7, 11) is 1.69. The second kappa shape index (κ2) is 5.94. The Morgan fingerprint density at radius 1 is 1.27 bits per heavy atom. The normalized spacial score (nSPS) is 26.5. The Morgan fingerprint density at radius 2 is 2.05 bits per heavy atom. The van der Waals surface area contributed by atoms with Crippen LogP contribution in [0.15, 0.2) is 12.1 Å². The summed E-state index contributed by atoms with van der Waals surface area (Å²) in [6.07, 6.45) is 5.12. The second-order valence-corrected chi connectivity index (χ2v) is 7.32. The minimum atomic E-state index is 0.0830. The van der Waals surface area contributed by atoms with E-state index in [1.165, 1.54) is 25.7 Å². The van der Waals surface area contributed by atoms with E-state index in [9.17, 15) is 4.79 Å². The van der Waals surface area contributed by atoms with Crippen LogP contribution < -0.4 is 10.1 Å². The number of ether oxygens (including phenoxy) is 1. The van der Waals surface area contributed by atoms with Gasteiger partial charge in [0.05, 0.1) is 7.11 Å². The average Bonchev–Trinajstić information content (AvgIpc) is 3.08. The van der Waals surface area contributed by atoms with Gasteiger partial charge in [0, 0.05) is 11.6 Å². The fraction of sp³-hybridized carbons (Fsp3) is 0.632. The molecule has 2 aliphatic rings. The molecule has 2 bridgehead atoms. The summed E-state index contributed by atoms with van der Waals surface area (Å²) >= 11 is 0. The maximum atomic E-state index is 12.7. The van der Waals surface area contributed by atoms with E-state index in [0.717, 1.165) is 28.4 Å². The Morgan fingerprint density at radius 3 is 2.59 bits per heavy atom. The molecule has 2 aliphatic carbocycles. The maximum Gasteiger partial charge on any atom is 0.251 e. The first-order chi connectivity index (χ1) is 10.5. The van der Waals surface area contributed by atoms with Crippen LogP contribution in [0.2, 0.25) is 0 Å². The van der Waals surface area contributed by atoms with Crippen LogP contribution in [0.1, 0.15) is 66.9 Å². The van der Waals surface area contributed by atoms with Crippen LogP contribution in [0.4, 0.5) is 0 Å². The van der Waals surface area contributed by atoms with Crippen molar-refractivity contribution < 1.29 is 9.53 Å². The smallest absolute Gasteiger partial charge is 0.251 e. The monoisotopic (exact) mass is 301 g/mol. The number of hydrogen-bond donors (Lipinski definition) is 1. The minimum absolute atomic E-state index is 0.0830. The van der Waals surface area contributed by atoms with Crippen LogP contribution in [0, 0.1) is 18.8 Å². The highest BCUT2D eigenvalue weighted by Gasteiger charge is 2.40. The molecule has 1 aromatic carbocycles. The van der Waals surface area contributed by atoms with Gasteiger partial charge in [0.2, 0.25) is 0 Å². The van der Waals surface area contributed by atoms with Crippen molar-refractivity contribution in [3.63, 3.8) is 0 Å². The van der Waals surface area contributed by atoms with Crippen molar-refractivity contribution in [3.05, 3.63) is 28.8 Å². The summed E-state index contributed by atoms with van der Waals surface area (Å²) in [4.78, 5) is 12.7. The van der Waals surface area contributed by atoms with Gasteiger partial charge in [0.15, 0.2) is 0 Å². The van der Waals surface area contributed by atoms with Crippen LogP contribution in [-0.4, -0.2) is 19.1 Å². The van der Waals surface area contributed by atoms with Crippen LogP contribution in [0.5, 0.6) is 5.75 Å². The van der Waals surface area contributed by atoms with Gasteiger partial charge in [-0.05, 0) is 67.2 Å². The molecule has 0 radical (unpaired) electrons. The third-order valence-electron chi connectivity index (χ3n) is 5.50. The SMILES string of the molecule is COc1cc(C)c(C(=O)N[C@@H]2C[C@@H]3CC[C@@H]2C3)cc1C(C)C. The summed E-state index contributed by atoms with van der Waals surface area (Å²) in [5.41, 5.74) is 2.89. The quantitative estimate of drug-likeness (QED) is 0.911. The fourth-order valence-electron chi connectivity index (χ4n) is 4.24. The highest BCUT2D eigenvalue weighted by molar-refractivity contribution is 5.96. The Labute approximate surface area is 133 Å². The summed E-state index contributed by atoms with van der Waals surface area (Å²) in [5.74, 6) is 2.85. The number of amides is 1. The lowest BCUT2D eigenvalue weighted by Gasteiger charge is -2.24. The first kappa shape index (κ1) is 15.4. The van der Waals surface area contributed by atoms with E-state index in [2.05, 4.69) is 19.2 Å². The van der Waals surface area contributed by atoms with E-state index >= 15 is 0 Å². The number of rotatable bonds is 4. The third-order valence-corrected chi connectivity index (χ3v) is 5.50. The predicted molar refractivity (Wildman–Crippen MR) is 88.5 cm³/mol. The molecular weight excluding hydrogens is 274 g/mol. The molecule has 3 nitrogen and oxygen atoms in total. The molecule has 0 heterocycles. The van der Waals surface area contributed by atoms with E-state index in [-0.39, 0.29) is 5.91 Å². The fourth-order valence-corrected chi connectivity index (χ4v) is 4.24. The Bertz CT molecular complexity index is 579. The van der Waals surface area contributed by atoms with Crippen molar-refractivity contribution in [2.45, 2.75) is 58.4 Å². The van der Waals surface area contributed by atoms with Gasteiger partial charge in [0.25, 0.3) is 5.91 Å². The molecule has 1 N–H and O–H groups in total. The molecule has 0 aliphatic heterocycles. The van der Waals surface area contributed by atoms with E-state index < -0.39 is 0 Å². The molecule has 3 heteroatoms. The highest BCUT2D eigenvalue weighted by Crippen LogP contribution is 2.44. The van der Waals surface area contributed by atoms with Crippen molar-refractivity contribution in [2.24, 2.45) is 11.8 Å². The third kappa shape index (κ3) is 2.73. The van der Waals surface area contributed by atoms with Gasteiger partial charge in [-0.3, -0.25) is 4.79 Å². The summed E-state index contributed by atoms with van der Waals surface area (Å²) in [6, 6.07) is 4.39. The number of nitrogens with one attached hydrogen (secondary N) is 1. The van der Waals surface area contributed by atoms with Crippen molar-refractivity contribution in [1.29, 1.82) is 0 Å². The summed E-state index contributed by atoms with van der Waals surface area (Å²) < 4.78 is 5.46. The number of methoxy groups -OCH3 is 1. The molecule has 0 unspecified atom stereocenters. The van der Waals surface area contributed by atoms with Crippen LogP contribution >= 0.6 is 0 Å². The largest absolute Gasteiger partial charge is 0.496 e. The number of carbonyl (C=O) groups is 1. The van der Waals surface area contributed by atoms with E-state index in [4.69, 9.17) is 4.74 Å². The molecule has 2 fully saturated rings. The van der Waals surface area contributed by atoms with Crippen molar-refractivity contribution in [3.8, 4) is 5.75 Å². The molecule has 0 spiro atoms. The van der Waals surface area contributed by atoms with Crippen molar-refractivity contribution in [2.75, 3.05) is 7.11 Å². The molecule has 3 rings (SSSR count). The molecule has 0 saturated heterocycles. The van der Waals surface area contributed by atoms with Crippen LogP contribution in [0.3, 0.4) is 0 Å². The molecular formula is C19H27NO2. The van der Waals surface area contributed by atoms with Gasteiger partial charge < -0.3 is 10.1 Å². The number of carbonyl (C=O) groups excluding carboxylic acids is 1. The second-order valence-electron chi connectivity index (χ2n) is 7.32. The summed E-state index contributed by atoms with van der Waals surface area (Å²) in [5, 5.41) is 3.29. The standard InChI is InChI=1S/C19H27NO2/c1-11(2)15-10-16(12(3)7-18(15)22-4)19(21)20-17-9-13-5-6-14(17)8-13/h7,10-11,13-14,17H,5-6,8-9H2,1-4H3,(H,20,21)/t13-,14-,17-/m1/s1. The lowest BCUT2D eigenvalue weighted by molar-refractivity contribution is 0.0922. The van der Waals surface area contributed by atoms with Gasteiger partial charge in [-0.2, -0.15) is 0 Å². The Balaban J connectivity index is 1.81. The molecule has 1 amide bonds. The van der Waals surface area contributed by atoms with Gasteiger partial charge in [0.1, 0.15) is 5.75 Å². The van der Waals surface area contributed by atoms with E-state index in [0.29, 0.717) is 17.9 Å². The van der Waals surface area contributed by atoms with Gasteiger partial charge in [-0.25, -0.2) is 0 Å². The topological polar surface area (TPSA) is 38.3 Å². The molecule has 3 atom stereocenters. The zero-order chi connectivity index (χ0) is 15.9. The molecule has 0 aromatic heterocycles. The lowest BCUT2D eigenvalue weighted by Crippen LogP contribution is -2.38. The number of fused-ring (bicyclic) bond motifs is 2. The average molecular weight is 301 g/mol. The zero-order valence-corrected chi connectivity index (χ0v) is 14.1. The summed E-state index contributed by atoms with van der Waals surface area (Å²) in [6.45, 7) is 6.25. The van der Waals surface area contributed by atoms with E-state index in [1.807, 2.05) is 19.1 Å². The van der Waals surface area contributed by atoms with Gasteiger partial charge >= 0.3 is 0 Å². The minimum Gasteiger partial charge on any atom is -0.496 e. The van der Waals surface area contributed by atoms with Crippen LogP contribution in [-0.2, 0) is 0 Å². The Kier molecular flexibility index (Phi) is 4.16. The predicted octanol–water partition coefficient (Wildman–Crippen LogP) is 4.05. The van der Waals surface area contributed by atoms with Crippen LogP contribution in [0.25, 0.3) is 0 Å². The first-order valence-electron chi connectivity index (χ1n) is 8.49. The number of benzene rings is 1. The maximum absolute atomic E-state index is 12.7. The highest BCUT2D eigenvalue weighted by atomic mass is 16.5.